The van der Waals surface area contributed by atoms with E-state index in [2.05, 4.69) is 41.2 Å². The van der Waals surface area contributed by atoms with Gasteiger partial charge in [-0.1, -0.05) is 11.6 Å². The van der Waals surface area contributed by atoms with Gasteiger partial charge in [-0.25, -0.2) is 4.98 Å². The molecule has 0 aliphatic carbocycles. The molecule has 7 heteroatoms. The molecule has 2 rings (SSSR count). The van der Waals surface area contributed by atoms with Gasteiger partial charge in [0, 0.05) is 6.20 Å². The maximum atomic E-state index is 5.90. The van der Waals surface area contributed by atoms with Gasteiger partial charge >= 0.3 is 0 Å². The highest BCUT2D eigenvalue weighted by atomic mass is 35.5. The molecule has 20 heavy (non-hydrogen) atoms. The van der Waals surface area contributed by atoms with Gasteiger partial charge in [-0.2, -0.15) is 10.1 Å². The summed E-state index contributed by atoms with van der Waals surface area (Å²) < 4.78 is 6.97. The molecule has 0 fully saturated rings. The highest BCUT2D eigenvalue weighted by molar-refractivity contribution is 6.31. The molecule has 1 N–H and O–H groups in total. The molecule has 0 unspecified atom stereocenters. The maximum absolute atomic E-state index is 5.90. The Morgan fingerprint density at radius 2 is 2.05 bits per heavy atom. The molecule has 0 saturated carbocycles. The highest BCUT2D eigenvalue weighted by Gasteiger charge is 2.17. The Balaban J connectivity index is 2.28. The Hall–Kier alpha value is -1.82. The fourth-order valence-corrected chi connectivity index (χ4v) is 1.77. The molecule has 2 aromatic rings. The topological polar surface area (TPSA) is 64.9 Å². The summed E-state index contributed by atoms with van der Waals surface area (Å²) in [6.45, 7) is 8.19. The van der Waals surface area contributed by atoms with Crippen molar-refractivity contribution in [3.05, 3.63) is 23.1 Å². The summed E-state index contributed by atoms with van der Waals surface area (Å²) >= 11 is 5.90. The Kier molecular flexibility index (Phi) is 3.85. The van der Waals surface area contributed by atoms with Crippen LogP contribution in [-0.2, 0) is 5.54 Å². The third kappa shape index (κ3) is 3.01. The number of rotatable bonds is 3. The standard InChI is InChI=1S/C13H18ClN5O/c1-8-10(7-19(18-8)13(2,3)4)16-12-15-6-9(14)11(17-12)20-5/h6-7H,1-5H3,(H,15,16,17). The molecule has 0 aromatic carbocycles. The summed E-state index contributed by atoms with van der Waals surface area (Å²) in [5.41, 5.74) is 1.64. The van der Waals surface area contributed by atoms with Gasteiger partial charge in [0.25, 0.3) is 0 Å². The smallest absolute Gasteiger partial charge is 0.237 e. The Labute approximate surface area is 123 Å². The van der Waals surface area contributed by atoms with Crippen LogP contribution in [0.25, 0.3) is 0 Å². The van der Waals surface area contributed by atoms with E-state index in [4.69, 9.17) is 16.3 Å². The number of aromatic nitrogens is 4. The number of nitrogens with one attached hydrogen (secondary N) is 1. The summed E-state index contributed by atoms with van der Waals surface area (Å²) in [5.74, 6) is 0.757. The second-order valence-corrected chi connectivity index (χ2v) is 5.83. The average molecular weight is 296 g/mol. The van der Waals surface area contributed by atoms with E-state index >= 15 is 0 Å². The normalized spacial score (nSPS) is 11.5. The average Bonchev–Trinajstić information content (AvgIpc) is 2.73. The van der Waals surface area contributed by atoms with E-state index in [1.54, 1.807) is 0 Å². The van der Waals surface area contributed by atoms with Gasteiger partial charge in [0.05, 0.1) is 30.2 Å². The summed E-state index contributed by atoms with van der Waals surface area (Å²) in [6.07, 6.45) is 3.43. The first-order valence-corrected chi connectivity index (χ1v) is 6.59. The molecule has 0 amide bonds. The third-order valence-electron chi connectivity index (χ3n) is 2.74. The molecule has 0 radical (unpaired) electrons. The third-order valence-corrected chi connectivity index (χ3v) is 3.00. The SMILES string of the molecule is COc1nc(Nc2cn(C(C)(C)C)nc2C)ncc1Cl. The van der Waals surface area contributed by atoms with E-state index in [1.165, 1.54) is 13.3 Å². The number of aryl methyl sites for hydroxylation is 1. The highest BCUT2D eigenvalue weighted by Crippen LogP contribution is 2.25. The predicted molar refractivity (Wildman–Crippen MR) is 78.8 cm³/mol. The van der Waals surface area contributed by atoms with E-state index in [0.29, 0.717) is 16.9 Å². The van der Waals surface area contributed by atoms with Gasteiger partial charge in [0.1, 0.15) is 5.02 Å². The van der Waals surface area contributed by atoms with Gasteiger partial charge in [-0.15, -0.1) is 0 Å². The number of hydrogen-bond acceptors (Lipinski definition) is 5. The maximum Gasteiger partial charge on any atom is 0.237 e. The summed E-state index contributed by atoms with van der Waals surface area (Å²) in [5, 5.41) is 7.98. The van der Waals surface area contributed by atoms with Crippen LogP contribution in [-0.4, -0.2) is 26.9 Å². The molecule has 2 aromatic heterocycles. The van der Waals surface area contributed by atoms with E-state index in [9.17, 15) is 0 Å². The molecular weight excluding hydrogens is 278 g/mol. The van der Waals surface area contributed by atoms with Crippen LogP contribution in [0.3, 0.4) is 0 Å². The Bertz CT molecular complexity index is 618. The fraction of sp³-hybridized carbons (Fsp3) is 0.462. The van der Waals surface area contributed by atoms with E-state index in [1.807, 2.05) is 17.8 Å². The Morgan fingerprint density at radius 1 is 1.35 bits per heavy atom. The zero-order valence-electron chi connectivity index (χ0n) is 12.2. The van der Waals surface area contributed by atoms with Crippen LogP contribution in [0.4, 0.5) is 11.6 Å². The van der Waals surface area contributed by atoms with Crippen molar-refractivity contribution in [2.75, 3.05) is 12.4 Å². The van der Waals surface area contributed by atoms with Crippen molar-refractivity contribution in [3.8, 4) is 5.88 Å². The molecule has 0 aliphatic heterocycles. The van der Waals surface area contributed by atoms with Gasteiger partial charge in [-0.3, -0.25) is 4.68 Å². The molecule has 0 saturated heterocycles. The second-order valence-electron chi connectivity index (χ2n) is 5.42. The number of anilines is 2. The molecule has 0 bridgehead atoms. The van der Waals surface area contributed by atoms with Crippen molar-refractivity contribution in [2.45, 2.75) is 33.2 Å². The first-order chi connectivity index (χ1) is 9.31. The first kappa shape index (κ1) is 14.6. The van der Waals surface area contributed by atoms with E-state index in [0.717, 1.165) is 11.4 Å². The lowest BCUT2D eigenvalue weighted by atomic mass is 10.1. The molecule has 0 spiro atoms. The monoisotopic (exact) mass is 295 g/mol. The number of hydrogen-bond donors (Lipinski definition) is 1. The molecule has 108 valence electrons. The van der Waals surface area contributed by atoms with Crippen molar-refractivity contribution in [2.24, 2.45) is 0 Å². The quantitative estimate of drug-likeness (QED) is 0.942. The van der Waals surface area contributed by atoms with Crippen molar-refractivity contribution in [1.29, 1.82) is 0 Å². The van der Waals surface area contributed by atoms with Crippen LogP contribution in [0, 0.1) is 6.92 Å². The van der Waals surface area contributed by atoms with Crippen molar-refractivity contribution < 1.29 is 4.74 Å². The predicted octanol–water partition coefficient (Wildman–Crippen LogP) is 3.14. The minimum Gasteiger partial charge on any atom is -0.480 e. The van der Waals surface area contributed by atoms with E-state index < -0.39 is 0 Å². The summed E-state index contributed by atoms with van der Waals surface area (Å²) in [6, 6.07) is 0. The van der Waals surface area contributed by atoms with E-state index in [-0.39, 0.29) is 5.54 Å². The number of halogens is 1. The number of ether oxygens (including phenoxy) is 1. The first-order valence-electron chi connectivity index (χ1n) is 6.21. The van der Waals surface area contributed by atoms with Crippen LogP contribution in [0.1, 0.15) is 26.5 Å². The largest absolute Gasteiger partial charge is 0.480 e. The molecule has 0 aliphatic rings. The summed E-state index contributed by atoms with van der Waals surface area (Å²) in [4.78, 5) is 8.31. The van der Waals surface area contributed by atoms with Crippen LogP contribution >= 0.6 is 11.6 Å². The number of nitrogens with zero attached hydrogens (tertiary/aromatic N) is 4. The van der Waals surface area contributed by atoms with Gasteiger partial charge in [0.15, 0.2) is 0 Å². The number of methoxy groups -OCH3 is 1. The van der Waals surface area contributed by atoms with Crippen LogP contribution in [0.15, 0.2) is 12.4 Å². The zero-order chi connectivity index (χ0) is 14.9. The molecule has 2 heterocycles. The minimum atomic E-state index is -0.0801. The van der Waals surface area contributed by atoms with Crippen LogP contribution in [0.2, 0.25) is 5.02 Å². The van der Waals surface area contributed by atoms with Gasteiger partial charge in [0.2, 0.25) is 11.8 Å². The van der Waals surface area contributed by atoms with Crippen molar-refractivity contribution in [3.63, 3.8) is 0 Å². The van der Waals surface area contributed by atoms with Crippen LogP contribution in [0.5, 0.6) is 5.88 Å². The fourth-order valence-electron chi connectivity index (χ4n) is 1.60. The lowest BCUT2D eigenvalue weighted by Crippen LogP contribution is -2.22. The lowest BCUT2D eigenvalue weighted by molar-refractivity contribution is 0.354. The van der Waals surface area contributed by atoms with Crippen molar-refractivity contribution in [1.82, 2.24) is 19.7 Å². The zero-order valence-corrected chi connectivity index (χ0v) is 13.0. The Morgan fingerprint density at radius 3 is 2.60 bits per heavy atom. The second kappa shape index (κ2) is 5.28. The summed E-state index contributed by atoms with van der Waals surface area (Å²) in [7, 11) is 1.51. The van der Waals surface area contributed by atoms with Gasteiger partial charge < -0.3 is 10.1 Å². The molecule has 6 nitrogen and oxygen atoms in total. The van der Waals surface area contributed by atoms with Gasteiger partial charge in [-0.05, 0) is 27.7 Å². The molecular formula is C13H18ClN5O. The van der Waals surface area contributed by atoms with Crippen LogP contribution < -0.4 is 10.1 Å². The lowest BCUT2D eigenvalue weighted by Gasteiger charge is -2.18. The van der Waals surface area contributed by atoms with Crippen molar-refractivity contribution >= 4 is 23.2 Å². The minimum absolute atomic E-state index is 0.0801. The molecule has 0 atom stereocenters.